The molecule has 0 aromatic carbocycles. The third kappa shape index (κ3) is 2.02. The number of hydrogen-bond acceptors (Lipinski definition) is 3. The van der Waals surface area contributed by atoms with Gasteiger partial charge in [-0.05, 0) is 55.8 Å². The maximum Gasteiger partial charge on any atom is 0.0752 e. The molecule has 2 nitrogen and oxygen atoms in total. The van der Waals surface area contributed by atoms with Gasteiger partial charge in [0.2, 0.25) is 0 Å². The summed E-state index contributed by atoms with van der Waals surface area (Å²) >= 11 is 2.01. The van der Waals surface area contributed by atoms with Crippen LogP contribution in [0.2, 0.25) is 0 Å². The number of hydrogen-bond donors (Lipinski definition) is 2. The van der Waals surface area contributed by atoms with Crippen molar-refractivity contribution in [2.45, 2.75) is 43.5 Å². The summed E-state index contributed by atoms with van der Waals surface area (Å²) in [4.78, 5) is 0. The fraction of sp³-hybridized carbons (Fsp3) is 1.00. The number of rotatable bonds is 4. The zero-order chi connectivity index (χ0) is 11.1. The Morgan fingerprint density at radius 1 is 1.06 bits per heavy atom. The van der Waals surface area contributed by atoms with Crippen LogP contribution < -0.4 is 5.73 Å². The molecule has 1 atom stereocenters. The standard InChI is InChI=1S/C13H23NOS/c14-6-12(15)7-16-13-10-2-8-1-9(4-10)5-11(13)3-8/h8-13,15H,1-7,14H2. The number of aliphatic hydroxyl groups excluding tert-OH is 1. The van der Waals surface area contributed by atoms with Crippen LogP contribution in [0.1, 0.15) is 32.1 Å². The number of aliphatic hydroxyl groups is 1. The molecule has 4 fully saturated rings. The Hall–Kier alpha value is 0.270. The molecule has 0 aliphatic heterocycles. The molecule has 4 aliphatic carbocycles. The highest BCUT2D eigenvalue weighted by Crippen LogP contribution is 2.56. The van der Waals surface area contributed by atoms with Crippen LogP contribution >= 0.6 is 11.8 Å². The second kappa shape index (κ2) is 4.51. The monoisotopic (exact) mass is 241 g/mol. The van der Waals surface area contributed by atoms with Gasteiger partial charge in [0.15, 0.2) is 0 Å². The molecule has 0 aromatic rings. The first-order chi connectivity index (χ1) is 7.76. The topological polar surface area (TPSA) is 46.2 Å². The third-order valence-corrected chi connectivity index (χ3v) is 6.63. The molecule has 4 saturated carbocycles. The minimum atomic E-state index is -0.290. The summed E-state index contributed by atoms with van der Waals surface area (Å²) in [6, 6.07) is 0. The molecule has 0 heterocycles. The largest absolute Gasteiger partial charge is 0.391 e. The van der Waals surface area contributed by atoms with E-state index in [4.69, 9.17) is 5.73 Å². The zero-order valence-electron chi connectivity index (χ0n) is 9.85. The highest BCUT2D eigenvalue weighted by atomic mass is 32.2. The molecule has 0 radical (unpaired) electrons. The Kier molecular flexibility index (Phi) is 3.20. The minimum Gasteiger partial charge on any atom is -0.391 e. The summed E-state index contributed by atoms with van der Waals surface area (Å²) in [5.41, 5.74) is 5.47. The Labute approximate surface area is 102 Å². The molecule has 3 N–H and O–H groups in total. The van der Waals surface area contributed by atoms with Crippen molar-refractivity contribution in [1.29, 1.82) is 0 Å². The normalized spacial score (nSPS) is 47.2. The Bertz CT molecular complexity index is 230. The second-order valence-electron chi connectivity index (χ2n) is 6.12. The number of thioether (sulfide) groups is 1. The van der Waals surface area contributed by atoms with E-state index in [0.29, 0.717) is 6.54 Å². The van der Waals surface area contributed by atoms with E-state index in [1.807, 2.05) is 11.8 Å². The van der Waals surface area contributed by atoms with Crippen molar-refractivity contribution in [3.05, 3.63) is 0 Å². The van der Waals surface area contributed by atoms with Crippen molar-refractivity contribution >= 4 is 11.8 Å². The van der Waals surface area contributed by atoms with E-state index in [9.17, 15) is 5.11 Å². The highest BCUT2D eigenvalue weighted by Gasteiger charge is 2.48. The van der Waals surface area contributed by atoms with Crippen LogP contribution in [-0.2, 0) is 0 Å². The van der Waals surface area contributed by atoms with Crippen LogP contribution in [0, 0.1) is 23.7 Å². The van der Waals surface area contributed by atoms with E-state index in [1.165, 1.54) is 32.1 Å². The van der Waals surface area contributed by atoms with Crippen LogP contribution in [0.25, 0.3) is 0 Å². The molecule has 92 valence electrons. The predicted octanol–water partition coefficient (Wildman–Crippen LogP) is 1.86. The van der Waals surface area contributed by atoms with E-state index >= 15 is 0 Å². The van der Waals surface area contributed by atoms with Gasteiger partial charge in [0, 0.05) is 17.5 Å². The van der Waals surface area contributed by atoms with Gasteiger partial charge >= 0.3 is 0 Å². The second-order valence-corrected chi connectivity index (χ2v) is 7.33. The summed E-state index contributed by atoms with van der Waals surface area (Å²) in [7, 11) is 0. The molecule has 0 amide bonds. The van der Waals surface area contributed by atoms with Crippen molar-refractivity contribution in [2.24, 2.45) is 29.4 Å². The quantitative estimate of drug-likeness (QED) is 0.790. The van der Waals surface area contributed by atoms with Gasteiger partial charge in [-0.25, -0.2) is 0 Å². The summed E-state index contributed by atoms with van der Waals surface area (Å²) in [6.45, 7) is 0.417. The van der Waals surface area contributed by atoms with Gasteiger partial charge < -0.3 is 10.8 Å². The molecule has 0 aromatic heterocycles. The molecule has 4 aliphatic rings. The first-order valence-corrected chi connectivity index (χ1v) is 7.81. The third-order valence-electron chi connectivity index (χ3n) is 4.89. The van der Waals surface area contributed by atoms with Crippen molar-refractivity contribution < 1.29 is 5.11 Å². The van der Waals surface area contributed by atoms with E-state index in [2.05, 4.69) is 0 Å². The highest BCUT2D eigenvalue weighted by molar-refractivity contribution is 8.00. The Balaban J connectivity index is 1.59. The maximum absolute atomic E-state index is 9.57. The Morgan fingerprint density at radius 3 is 2.12 bits per heavy atom. The van der Waals surface area contributed by atoms with Gasteiger partial charge in [-0.1, -0.05) is 0 Å². The van der Waals surface area contributed by atoms with E-state index < -0.39 is 0 Å². The van der Waals surface area contributed by atoms with Crippen molar-refractivity contribution in [3.8, 4) is 0 Å². The summed E-state index contributed by atoms with van der Waals surface area (Å²) in [6.07, 6.45) is 7.14. The van der Waals surface area contributed by atoms with Gasteiger partial charge in [0.05, 0.1) is 6.10 Å². The molecule has 4 rings (SSSR count). The van der Waals surface area contributed by atoms with Gasteiger partial charge in [-0.15, -0.1) is 0 Å². The fourth-order valence-electron chi connectivity index (χ4n) is 4.44. The average molecular weight is 241 g/mol. The van der Waals surface area contributed by atoms with E-state index in [-0.39, 0.29) is 6.10 Å². The Morgan fingerprint density at radius 2 is 1.62 bits per heavy atom. The molecule has 0 saturated heterocycles. The molecule has 1 unspecified atom stereocenters. The smallest absolute Gasteiger partial charge is 0.0752 e. The van der Waals surface area contributed by atoms with Crippen LogP contribution in [0.5, 0.6) is 0 Å². The van der Waals surface area contributed by atoms with E-state index in [1.54, 1.807) is 0 Å². The van der Waals surface area contributed by atoms with Gasteiger partial charge in [-0.2, -0.15) is 11.8 Å². The first kappa shape index (κ1) is 11.4. The van der Waals surface area contributed by atoms with Gasteiger partial charge in [0.1, 0.15) is 0 Å². The number of nitrogens with two attached hydrogens (primary N) is 1. The lowest BCUT2D eigenvalue weighted by Crippen LogP contribution is -2.47. The average Bonchev–Trinajstić information content (AvgIpc) is 2.26. The van der Waals surface area contributed by atoms with Crippen molar-refractivity contribution in [3.63, 3.8) is 0 Å². The summed E-state index contributed by atoms with van der Waals surface area (Å²) in [5, 5.41) is 10.4. The van der Waals surface area contributed by atoms with Crippen LogP contribution in [-0.4, -0.2) is 28.8 Å². The van der Waals surface area contributed by atoms with Gasteiger partial charge in [0.25, 0.3) is 0 Å². The summed E-state index contributed by atoms with van der Waals surface area (Å²) in [5.74, 6) is 4.89. The van der Waals surface area contributed by atoms with Crippen LogP contribution in [0.3, 0.4) is 0 Å². The predicted molar refractivity (Wildman–Crippen MR) is 68.4 cm³/mol. The molecule has 3 heteroatoms. The lowest BCUT2D eigenvalue weighted by molar-refractivity contribution is 0.0265. The molecule has 0 spiro atoms. The molecule has 16 heavy (non-hydrogen) atoms. The minimum absolute atomic E-state index is 0.290. The SMILES string of the molecule is NCC(O)CSC1C2CC3CC(C2)CC1C3. The summed E-state index contributed by atoms with van der Waals surface area (Å²) < 4.78 is 0. The van der Waals surface area contributed by atoms with Gasteiger partial charge in [-0.3, -0.25) is 0 Å². The molecule has 4 bridgehead atoms. The van der Waals surface area contributed by atoms with Crippen LogP contribution in [0.4, 0.5) is 0 Å². The van der Waals surface area contributed by atoms with E-state index in [0.717, 1.165) is 34.7 Å². The van der Waals surface area contributed by atoms with Crippen molar-refractivity contribution in [1.82, 2.24) is 0 Å². The first-order valence-electron chi connectivity index (χ1n) is 6.76. The lowest BCUT2D eigenvalue weighted by atomic mass is 9.56. The molecular formula is C13H23NOS. The van der Waals surface area contributed by atoms with Crippen LogP contribution in [0.15, 0.2) is 0 Å². The maximum atomic E-state index is 9.57. The molecular weight excluding hydrogens is 218 g/mol. The van der Waals surface area contributed by atoms with Crippen molar-refractivity contribution in [2.75, 3.05) is 12.3 Å². The zero-order valence-corrected chi connectivity index (χ0v) is 10.7. The lowest BCUT2D eigenvalue weighted by Gasteiger charge is -2.54. The fourth-order valence-corrected chi connectivity index (χ4v) is 6.01.